The summed E-state index contributed by atoms with van der Waals surface area (Å²) in [6, 6.07) is 27.0. The van der Waals surface area contributed by atoms with Crippen LogP contribution in [0.4, 0.5) is 5.69 Å². The Hall–Kier alpha value is -3.33. The van der Waals surface area contributed by atoms with E-state index in [1.54, 1.807) is 0 Å². The molecule has 0 saturated heterocycles. The van der Waals surface area contributed by atoms with E-state index in [4.69, 9.17) is 4.98 Å². The molecule has 26 heavy (non-hydrogen) atoms. The van der Waals surface area contributed by atoms with E-state index in [2.05, 4.69) is 89.5 Å². The third kappa shape index (κ3) is 2.58. The Labute approximate surface area is 152 Å². The first-order chi connectivity index (χ1) is 12.9. The van der Waals surface area contributed by atoms with Crippen LogP contribution >= 0.6 is 0 Å². The van der Waals surface area contributed by atoms with Crippen LogP contribution in [-0.4, -0.2) is 9.88 Å². The molecular weight excluding hydrogens is 318 g/mol. The van der Waals surface area contributed by atoms with Gasteiger partial charge in [-0.1, -0.05) is 66.7 Å². The highest BCUT2D eigenvalue weighted by molar-refractivity contribution is 6.08. The van der Waals surface area contributed by atoms with Gasteiger partial charge in [0.05, 0.1) is 16.7 Å². The van der Waals surface area contributed by atoms with Gasteiger partial charge < -0.3 is 9.80 Å². The van der Waals surface area contributed by atoms with Crippen molar-refractivity contribution in [1.82, 2.24) is 9.88 Å². The summed E-state index contributed by atoms with van der Waals surface area (Å²) >= 11 is 0. The summed E-state index contributed by atoms with van der Waals surface area (Å²) in [5.74, 6) is 0. The Kier molecular flexibility index (Phi) is 3.56. The van der Waals surface area contributed by atoms with Crippen molar-refractivity contribution < 1.29 is 0 Å². The number of anilines is 1. The van der Waals surface area contributed by atoms with Crippen LogP contribution < -0.4 is 4.90 Å². The Morgan fingerprint density at radius 1 is 0.692 bits per heavy atom. The minimum absolute atomic E-state index is 0.800. The van der Waals surface area contributed by atoms with Crippen molar-refractivity contribution in [3.05, 3.63) is 103 Å². The van der Waals surface area contributed by atoms with Gasteiger partial charge in [-0.15, -0.1) is 0 Å². The van der Waals surface area contributed by atoms with Gasteiger partial charge in [-0.05, 0) is 17.7 Å². The SMILES string of the molecule is [C]1N(Cc2ccccc2)C=CN1c1c2ccccc2nc2ccccc12. The molecule has 4 aromatic rings. The highest BCUT2D eigenvalue weighted by Crippen LogP contribution is 2.36. The molecule has 3 nitrogen and oxygen atoms in total. The van der Waals surface area contributed by atoms with Crippen LogP contribution in [0.15, 0.2) is 91.3 Å². The first-order valence-corrected chi connectivity index (χ1v) is 8.70. The van der Waals surface area contributed by atoms with Crippen LogP contribution in [-0.2, 0) is 6.54 Å². The number of rotatable bonds is 3. The Bertz CT molecular complexity index is 1050. The second-order valence-corrected chi connectivity index (χ2v) is 6.38. The van der Waals surface area contributed by atoms with E-state index in [1.807, 2.05) is 18.2 Å². The second-order valence-electron chi connectivity index (χ2n) is 6.38. The van der Waals surface area contributed by atoms with Gasteiger partial charge in [0.1, 0.15) is 0 Å². The summed E-state index contributed by atoms with van der Waals surface area (Å²) in [5, 5.41) is 2.26. The molecule has 0 unspecified atom stereocenters. The fourth-order valence-electron chi connectivity index (χ4n) is 3.42. The minimum atomic E-state index is 0.800. The first kappa shape index (κ1) is 15.0. The third-order valence-electron chi connectivity index (χ3n) is 4.63. The zero-order valence-corrected chi connectivity index (χ0v) is 14.2. The number of nitrogens with zero attached hydrogens (tertiary/aromatic N) is 3. The molecule has 0 amide bonds. The highest BCUT2D eigenvalue weighted by atomic mass is 15.3. The zero-order chi connectivity index (χ0) is 17.3. The lowest BCUT2D eigenvalue weighted by Gasteiger charge is -2.22. The fourth-order valence-corrected chi connectivity index (χ4v) is 3.42. The van der Waals surface area contributed by atoms with Crippen LogP contribution in [0, 0.1) is 6.67 Å². The Balaban J connectivity index is 1.55. The molecule has 0 bridgehead atoms. The van der Waals surface area contributed by atoms with Crippen molar-refractivity contribution in [3.8, 4) is 0 Å². The normalized spacial score (nSPS) is 13.8. The van der Waals surface area contributed by atoms with Crippen molar-refractivity contribution >= 4 is 27.5 Å². The summed E-state index contributed by atoms with van der Waals surface area (Å²) in [4.78, 5) is 8.97. The molecule has 2 heterocycles. The summed E-state index contributed by atoms with van der Waals surface area (Å²) in [5.41, 5.74) is 4.38. The van der Waals surface area contributed by atoms with Gasteiger partial charge in [0.2, 0.25) is 6.67 Å². The Morgan fingerprint density at radius 3 is 2.00 bits per heavy atom. The maximum atomic E-state index is 4.80. The highest BCUT2D eigenvalue weighted by Gasteiger charge is 2.21. The van der Waals surface area contributed by atoms with Gasteiger partial charge in [0.15, 0.2) is 0 Å². The van der Waals surface area contributed by atoms with Gasteiger partial charge in [-0.2, -0.15) is 0 Å². The predicted octanol–water partition coefficient (Wildman–Crippen LogP) is 5.18. The maximum Gasteiger partial charge on any atom is 0.213 e. The van der Waals surface area contributed by atoms with Crippen molar-refractivity contribution in [1.29, 1.82) is 0 Å². The van der Waals surface area contributed by atoms with Crippen molar-refractivity contribution in [2.75, 3.05) is 4.90 Å². The van der Waals surface area contributed by atoms with E-state index in [0.717, 1.165) is 34.0 Å². The second kappa shape index (κ2) is 6.19. The van der Waals surface area contributed by atoms with E-state index < -0.39 is 0 Å². The molecule has 3 aromatic carbocycles. The smallest absolute Gasteiger partial charge is 0.213 e. The molecule has 0 fully saturated rings. The average molecular weight is 335 g/mol. The van der Waals surface area contributed by atoms with Gasteiger partial charge in [0, 0.05) is 29.7 Å². The largest absolute Gasteiger partial charge is 0.342 e. The Morgan fingerprint density at radius 2 is 1.31 bits per heavy atom. The number of pyridine rings is 1. The topological polar surface area (TPSA) is 19.4 Å². The lowest BCUT2D eigenvalue weighted by Crippen LogP contribution is -2.19. The van der Waals surface area contributed by atoms with E-state index in [-0.39, 0.29) is 0 Å². The molecule has 1 aromatic heterocycles. The minimum Gasteiger partial charge on any atom is -0.342 e. The number of hydrogen-bond donors (Lipinski definition) is 0. The van der Waals surface area contributed by atoms with Gasteiger partial charge in [-0.3, -0.25) is 0 Å². The monoisotopic (exact) mass is 335 g/mol. The summed E-state index contributed by atoms with van der Waals surface area (Å²) in [7, 11) is 0. The maximum absolute atomic E-state index is 4.80. The van der Waals surface area contributed by atoms with E-state index >= 15 is 0 Å². The lowest BCUT2D eigenvalue weighted by molar-refractivity contribution is 0.463. The number of aromatic nitrogens is 1. The summed E-state index contributed by atoms with van der Waals surface area (Å²) in [6.45, 7) is 4.27. The molecule has 1 aliphatic rings. The molecule has 2 radical (unpaired) electrons. The number of para-hydroxylation sites is 2. The van der Waals surface area contributed by atoms with Crippen molar-refractivity contribution in [2.45, 2.75) is 6.54 Å². The van der Waals surface area contributed by atoms with E-state index in [9.17, 15) is 0 Å². The molecule has 124 valence electrons. The van der Waals surface area contributed by atoms with Gasteiger partial charge in [0.25, 0.3) is 0 Å². The van der Waals surface area contributed by atoms with Crippen LogP contribution in [0.25, 0.3) is 21.8 Å². The summed E-state index contributed by atoms with van der Waals surface area (Å²) in [6.07, 6.45) is 4.13. The van der Waals surface area contributed by atoms with E-state index in [0.29, 0.717) is 0 Å². The molecule has 3 heteroatoms. The number of hydrogen-bond acceptors (Lipinski definition) is 3. The van der Waals surface area contributed by atoms with Crippen LogP contribution in [0.2, 0.25) is 0 Å². The fraction of sp³-hybridized carbons (Fsp3) is 0.0435. The quantitative estimate of drug-likeness (QED) is 0.481. The molecule has 1 aliphatic heterocycles. The third-order valence-corrected chi connectivity index (χ3v) is 4.63. The lowest BCUT2D eigenvalue weighted by atomic mass is 10.1. The number of benzene rings is 3. The first-order valence-electron chi connectivity index (χ1n) is 8.70. The number of fused-ring (bicyclic) bond motifs is 2. The molecule has 0 atom stereocenters. The van der Waals surface area contributed by atoms with Crippen molar-refractivity contribution in [2.24, 2.45) is 0 Å². The van der Waals surface area contributed by atoms with Crippen LogP contribution in [0.5, 0.6) is 0 Å². The summed E-state index contributed by atoms with van der Waals surface area (Å²) < 4.78 is 0. The molecule has 0 N–H and O–H groups in total. The average Bonchev–Trinajstić information content (AvgIpc) is 3.14. The molecule has 0 saturated carbocycles. The van der Waals surface area contributed by atoms with E-state index in [1.165, 1.54) is 5.56 Å². The standard InChI is InChI=1S/C23H17N3/c1-2-8-18(9-3-1)16-25-14-15-26(17-25)23-19-10-4-6-12-21(19)24-22-13-7-5-11-20(22)23/h1-15H,16H2. The molecule has 0 aliphatic carbocycles. The molecule has 0 spiro atoms. The molecular formula is C23H17N3. The van der Waals surface area contributed by atoms with Crippen LogP contribution in [0.3, 0.4) is 0 Å². The predicted molar refractivity (Wildman–Crippen MR) is 106 cm³/mol. The van der Waals surface area contributed by atoms with Crippen molar-refractivity contribution in [3.63, 3.8) is 0 Å². The molecule has 5 rings (SSSR count). The zero-order valence-electron chi connectivity index (χ0n) is 14.2. The van der Waals surface area contributed by atoms with Gasteiger partial charge >= 0.3 is 0 Å². The van der Waals surface area contributed by atoms with Crippen LogP contribution in [0.1, 0.15) is 5.56 Å². The van der Waals surface area contributed by atoms with Gasteiger partial charge in [-0.25, -0.2) is 4.98 Å².